The number of benzene rings is 1. The number of hydrogen-bond donors (Lipinski definition) is 2. The highest BCUT2D eigenvalue weighted by Crippen LogP contribution is 2.35. The summed E-state index contributed by atoms with van der Waals surface area (Å²) >= 11 is 12.6. The van der Waals surface area contributed by atoms with Crippen LogP contribution in [0.4, 0.5) is 5.69 Å². The fourth-order valence-corrected chi connectivity index (χ4v) is 2.60. The third-order valence-electron chi connectivity index (χ3n) is 2.67. The van der Waals surface area contributed by atoms with Crippen LogP contribution in [0.1, 0.15) is 5.56 Å². The van der Waals surface area contributed by atoms with Gasteiger partial charge in [0.1, 0.15) is 12.2 Å². The summed E-state index contributed by atoms with van der Waals surface area (Å²) in [6, 6.07) is 3.87. The lowest BCUT2D eigenvalue weighted by Crippen LogP contribution is -3.00. The molecule has 1 heterocycles. The molecule has 0 atom stereocenters. The van der Waals surface area contributed by atoms with E-state index >= 15 is 0 Å². The van der Waals surface area contributed by atoms with E-state index in [1.165, 1.54) is 0 Å². The van der Waals surface area contributed by atoms with Crippen LogP contribution in [-0.4, -0.2) is 44.7 Å². The zero-order valence-electron chi connectivity index (χ0n) is 11.8. The summed E-state index contributed by atoms with van der Waals surface area (Å²) in [7, 11) is 6.38. The lowest BCUT2D eigenvalue weighted by atomic mass is 10.2. The maximum atomic E-state index is 6.29. The Hall–Kier alpha value is -0.490. The molecule has 2 rings (SSSR count). The minimum atomic E-state index is 0. The average Bonchev–Trinajstić information content (AvgIpc) is 2.73. The Labute approximate surface area is 140 Å². The molecule has 1 saturated heterocycles. The van der Waals surface area contributed by atoms with Crippen molar-refractivity contribution in [1.29, 1.82) is 0 Å². The number of quaternary nitrogens is 1. The number of nitrogens with zero attached hydrogens (tertiary/aromatic N) is 2. The number of nitrogens with one attached hydrogen (secondary N) is 2. The number of guanidine groups is 1. The van der Waals surface area contributed by atoms with Crippen LogP contribution in [0.2, 0.25) is 10.0 Å². The smallest absolute Gasteiger partial charge is 0.196 e. The van der Waals surface area contributed by atoms with Gasteiger partial charge in [-0.25, -0.2) is 4.99 Å². The molecular weight excluding hydrogens is 363 g/mol. The van der Waals surface area contributed by atoms with Crippen LogP contribution in [0.25, 0.3) is 0 Å². The van der Waals surface area contributed by atoms with Gasteiger partial charge in [-0.05, 0) is 12.1 Å². The van der Waals surface area contributed by atoms with Crippen molar-refractivity contribution < 1.29 is 21.5 Å². The van der Waals surface area contributed by atoms with E-state index in [9.17, 15) is 0 Å². The molecule has 1 aliphatic rings. The van der Waals surface area contributed by atoms with Gasteiger partial charge in [0, 0.05) is 18.7 Å². The lowest BCUT2D eigenvalue weighted by Gasteiger charge is -2.24. The number of aliphatic imine (C=N–C) groups is 1. The topological polar surface area (TPSA) is 36.4 Å². The highest BCUT2D eigenvalue weighted by Gasteiger charge is 2.15. The largest absolute Gasteiger partial charge is 1.00 e. The zero-order valence-corrected chi connectivity index (χ0v) is 14.9. The third-order valence-corrected chi connectivity index (χ3v) is 3.24. The van der Waals surface area contributed by atoms with Crippen LogP contribution in [0.15, 0.2) is 17.1 Å². The summed E-state index contributed by atoms with van der Waals surface area (Å²) in [5, 5.41) is 7.43. The van der Waals surface area contributed by atoms with Gasteiger partial charge >= 0.3 is 0 Å². The highest BCUT2D eigenvalue weighted by atomic mass is 79.9. The summed E-state index contributed by atoms with van der Waals surface area (Å²) in [5.74, 6) is 0.725. The van der Waals surface area contributed by atoms with E-state index < -0.39 is 0 Å². The summed E-state index contributed by atoms with van der Waals surface area (Å²) in [5.41, 5.74) is 1.73. The number of hydrogen-bond acceptors (Lipinski definition) is 1. The van der Waals surface area contributed by atoms with E-state index in [0.29, 0.717) is 15.7 Å². The fourth-order valence-electron chi connectivity index (χ4n) is 1.98. The molecule has 0 aromatic heterocycles. The van der Waals surface area contributed by atoms with Gasteiger partial charge < -0.3 is 32.1 Å². The van der Waals surface area contributed by atoms with Gasteiger partial charge in [-0.15, -0.1) is 0 Å². The van der Waals surface area contributed by atoms with Crippen LogP contribution in [0.3, 0.4) is 0 Å². The normalized spacial score (nSPS) is 14.3. The second-order valence-corrected chi connectivity index (χ2v) is 6.48. The van der Waals surface area contributed by atoms with Crippen LogP contribution in [0, 0.1) is 0 Å². The standard InChI is InChI=1S/C13H19Cl2N4.BrH/c1-19(2,3)8-9-6-10(14)12(11(15)7-9)18-13-16-4-5-17-13;/h6-7H,4-5,8H2,1-3H3,(H2,16,17,18);1H/q+1;/p-1. The predicted octanol–water partition coefficient (Wildman–Crippen LogP) is -0.616. The van der Waals surface area contributed by atoms with Crippen molar-refractivity contribution in [3.63, 3.8) is 0 Å². The second-order valence-electron chi connectivity index (χ2n) is 5.67. The van der Waals surface area contributed by atoms with Crippen molar-refractivity contribution in [3.05, 3.63) is 27.7 Å². The quantitative estimate of drug-likeness (QED) is 0.685. The van der Waals surface area contributed by atoms with Gasteiger partial charge in [0.2, 0.25) is 0 Å². The second kappa shape index (κ2) is 6.98. The monoisotopic (exact) mass is 380 g/mol. The fraction of sp³-hybridized carbons (Fsp3) is 0.462. The molecule has 1 aromatic rings. The first-order valence-corrected chi connectivity index (χ1v) is 6.95. The summed E-state index contributed by atoms with van der Waals surface area (Å²) in [6.07, 6.45) is 0. The van der Waals surface area contributed by atoms with E-state index in [0.717, 1.165) is 35.6 Å². The van der Waals surface area contributed by atoms with Crippen molar-refractivity contribution in [3.8, 4) is 0 Å². The van der Waals surface area contributed by atoms with Crippen LogP contribution in [0.5, 0.6) is 0 Å². The molecule has 1 aromatic carbocycles. The molecule has 0 amide bonds. The first-order valence-electron chi connectivity index (χ1n) is 6.20. The summed E-state index contributed by atoms with van der Waals surface area (Å²) < 4.78 is 0.823. The Bertz CT molecular complexity index is 481. The molecule has 0 aliphatic carbocycles. The highest BCUT2D eigenvalue weighted by molar-refractivity contribution is 6.39. The van der Waals surface area contributed by atoms with Gasteiger partial charge in [-0.3, -0.25) is 0 Å². The maximum absolute atomic E-state index is 6.29. The molecule has 4 nitrogen and oxygen atoms in total. The minimum absolute atomic E-state index is 0. The van der Waals surface area contributed by atoms with Crippen molar-refractivity contribution in [1.82, 2.24) is 10.6 Å². The molecular formula is C13H19BrCl2N4. The van der Waals surface area contributed by atoms with Gasteiger partial charge in [-0.2, -0.15) is 0 Å². The van der Waals surface area contributed by atoms with E-state index in [4.69, 9.17) is 23.2 Å². The Morgan fingerprint density at radius 3 is 2.05 bits per heavy atom. The molecule has 0 unspecified atom stereocenters. The van der Waals surface area contributed by atoms with Crippen molar-refractivity contribution in [2.45, 2.75) is 6.54 Å². The molecule has 20 heavy (non-hydrogen) atoms. The Morgan fingerprint density at radius 1 is 1.10 bits per heavy atom. The molecule has 7 heteroatoms. The Morgan fingerprint density at radius 2 is 1.60 bits per heavy atom. The first kappa shape index (κ1) is 17.6. The number of rotatable bonds is 3. The molecule has 0 saturated carbocycles. The molecule has 1 aliphatic heterocycles. The lowest BCUT2D eigenvalue weighted by molar-refractivity contribution is -0.884. The molecule has 2 N–H and O–H groups in total. The predicted molar refractivity (Wildman–Crippen MR) is 81.3 cm³/mol. The van der Waals surface area contributed by atoms with Gasteiger partial charge in [0.25, 0.3) is 0 Å². The SMILES string of the molecule is C[N+](C)(C)Cc1cc(Cl)c(N=C2NCCN2)c(Cl)c1.[Br-]. The van der Waals surface area contributed by atoms with Crippen LogP contribution < -0.4 is 27.6 Å². The van der Waals surface area contributed by atoms with E-state index in [1.54, 1.807) is 0 Å². The van der Waals surface area contributed by atoms with Crippen LogP contribution in [-0.2, 0) is 6.54 Å². The summed E-state index contributed by atoms with van der Waals surface area (Å²) in [4.78, 5) is 4.42. The van der Waals surface area contributed by atoms with E-state index in [-0.39, 0.29) is 17.0 Å². The molecule has 112 valence electrons. The van der Waals surface area contributed by atoms with Gasteiger partial charge in [-0.1, -0.05) is 23.2 Å². The average molecular weight is 382 g/mol. The van der Waals surface area contributed by atoms with Crippen molar-refractivity contribution in [2.24, 2.45) is 4.99 Å². The third kappa shape index (κ3) is 4.81. The van der Waals surface area contributed by atoms with Gasteiger partial charge in [0.05, 0.1) is 31.2 Å². The molecule has 0 radical (unpaired) electrons. The summed E-state index contributed by atoms with van der Waals surface area (Å²) in [6.45, 7) is 2.61. The van der Waals surface area contributed by atoms with Crippen molar-refractivity contribution >= 4 is 34.8 Å². The molecule has 0 spiro atoms. The van der Waals surface area contributed by atoms with Crippen LogP contribution >= 0.6 is 23.2 Å². The number of halogens is 3. The van der Waals surface area contributed by atoms with E-state index in [2.05, 4.69) is 36.8 Å². The first-order chi connectivity index (χ1) is 8.85. The van der Waals surface area contributed by atoms with E-state index in [1.807, 2.05) is 12.1 Å². The van der Waals surface area contributed by atoms with Gasteiger partial charge in [0.15, 0.2) is 5.96 Å². The zero-order chi connectivity index (χ0) is 14.0. The molecule has 0 bridgehead atoms. The van der Waals surface area contributed by atoms with Crippen molar-refractivity contribution in [2.75, 3.05) is 34.2 Å². The Balaban J connectivity index is 0.00000200. The Kier molecular flexibility index (Phi) is 6.13. The maximum Gasteiger partial charge on any atom is 0.196 e. The molecule has 1 fully saturated rings. The minimum Gasteiger partial charge on any atom is -1.00 e.